The number of pyridine rings is 1. The van der Waals surface area contributed by atoms with E-state index in [9.17, 15) is 24.6 Å². The molecule has 0 fully saturated rings. The van der Waals surface area contributed by atoms with Gasteiger partial charge in [-0.15, -0.1) is 0 Å². The van der Waals surface area contributed by atoms with Crippen LogP contribution in [-0.2, 0) is 27.5 Å². The van der Waals surface area contributed by atoms with E-state index in [1.54, 1.807) is 14.7 Å². The molecule has 1 aliphatic heterocycles. The fraction of sp³-hybridized carbons (Fsp3) is 0.579. The summed E-state index contributed by atoms with van der Waals surface area (Å²) in [6, 6.07) is 3.64. The van der Waals surface area contributed by atoms with Crippen molar-refractivity contribution in [2.75, 3.05) is 45.8 Å². The van der Waals surface area contributed by atoms with Gasteiger partial charge < -0.3 is 15.3 Å². The number of carboxylic acid groups (broad SMARTS) is 3. The number of nitrogens with zero attached hydrogens (tertiary/aromatic N) is 4. The van der Waals surface area contributed by atoms with Gasteiger partial charge in [0.15, 0.2) is 0 Å². The van der Waals surface area contributed by atoms with Crippen molar-refractivity contribution in [1.82, 2.24) is 19.7 Å². The summed E-state index contributed by atoms with van der Waals surface area (Å²) in [7, 11) is 0. The Morgan fingerprint density at radius 2 is 1.13 bits per heavy atom. The predicted octanol–water partition coefficient (Wildman–Crippen LogP) is 0.798. The molecule has 0 spiro atoms. The van der Waals surface area contributed by atoms with Gasteiger partial charge in [-0.1, -0.05) is 15.9 Å². The zero-order valence-corrected chi connectivity index (χ0v) is 18.3. The van der Waals surface area contributed by atoms with Crippen LogP contribution in [0.15, 0.2) is 16.6 Å². The second-order valence-corrected chi connectivity index (χ2v) is 8.27. The summed E-state index contributed by atoms with van der Waals surface area (Å²) in [5.41, 5.74) is 1.38. The van der Waals surface area contributed by atoms with Gasteiger partial charge in [0, 0.05) is 30.7 Å². The molecule has 1 aromatic heterocycles. The van der Waals surface area contributed by atoms with E-state index in [1.807, 2.05) is 12.1 Å². The molecule has 1 aromatic rings. The molecule has 0 aliphatic carbocycles. The zero-order valence-electron chi connectivity index (χ0n) is 16.7. The molecule has 0 saturated heterocycles. The van der Waals surface area contributed by atoms with Gasteiger partial charge in [0.25, 0.3) is 0 Å². The monoisotopic (exact) mass is 486 g/mol. The largest absolute Gasteiger partial charge is 0.480 e. The van der Waals surface area contributed by atoms with Gasteiger partial charge in [-0.25, -0.2) is 0 Å². The number of carbonyl (C=O) groups is 3. The average molecular weight is 487 g/mol. The Morgan fingerprint density at radius 1 is 0.767 bits per heavy atom. The topological polar surface area (TPSA) is 135 Å². The third kappa shape index (κ3) is 9.16. The lowest BCUT2D eigenvalue weighted by molar-refractivity contribution is -0.139. The van der Waals surface area contributed by atoms with Crippen molar-refractivity contribution in [1.29, 1.82) is 0 Å². The lowest BCUT2D eigenvalue weighted by Crippen LogP contribution is -2.38. The molecule has 0 aromatic carbocycles. The second-order valence-electron chi connectivity index (χ2n) is 7.35. The Morgan fingerprint density at radius 3 is 1.53 bits per heavy atom. The molecule has 2 bridgehead atoms. The molecule has 1 aliphatic rings. The summed E-state index contributed by atoms with van der Waals surface area (Å²) < 4.78 is 0.799. The summed E-state index contributed by atoms with van der Waals surface area (Å²) in [6.07, 6.45) is 1.22. The number of hydrogen-bond acceptors (Lipinski definition) is 7. The SMILES string of the molecule is O=C(O)CN1CCCN(CC(=O)O)Cc2cc(Br)cc(n2)CN(CC(=O)O)CCC1. The highest BCUT2D eigenvalue weighted by molar-refractivity contribution is 9.10. The molecule has 3 N–H and O–H groups in total. The van der Waals surface area contributed by atoms with Crippen LogP contribution in [0.4, 0.5) is 0 Å². The minimum atomic E-state index is -0.943. The van der Waals surface area contributed by atoms with E-state index >= 15 is 0 Å². The third-order valence-electron chi connectivity index (χ3n) is 4.64. The third-order valence-corrected chi connectivity index (χ3v) is 5.10. The Balaban J connectivity index is 2.26. The quantitative estimate of drug-likeness (QED) is 0.529. The molecule has 166 valence electrons. The van der Waals surface area contributed by atoms with E-state index in [-0.39, 0.29) is 19.6 Å². The van der Waals surface area contributed by atoms with Crippen LogP contribution >= 0.6 is 15.9 Å². The lowest BCUT2D eigenvalue weighted by atomic mass is 10.2. The molecule has 0 unspecified atom stereocenters. The van der Waals surface area contributed by atoms with Crippen molar-refractivity contribution in [3.8, 4) is 0 Å². The van der Waals surface area contributed by atoms with E-state index in [2.05, 4.69) is 20.9 Å². The maximum Gasteiger partial charge on any atom is 0.317 e. The van der Waals surface area contributed by atoms with Crippen LogP contribution in [0.3, 0.4) is 0 Å². The van der Waals surface area contributed by atoms with Gasteiger partial charge >= 0.3 is 17.9 Å². The van der Waals surface area contributed by atoms with Crippen LogP contribution in [0.1, 0.15) is 24.2 Å². The van der Waals surface area contributed by atoms with Crippen molar-refractivity contribution < 1.29 is 29.7 Å². The molecule has 30 heavy (non-hydrogen) atoms. The molecule has 2 heterocycles. The number of aliphatic carboxylic acids is 3. The average Bonchev–Trinajstić information content (AvgIpc) is 2.58. The first kappa shape index (κ1) is 24.2. The molecular weight excluding hydrogens is 460 g/mol. The second kappa shape index (κ2) is 11.9. The summed E-state index contributed by atoms with van der Waals surface area (Å²) >= 11 is 3.46. The van der Waals surface area contributed by atoms with Gasteiger partial charge in [0.2, 0.25) is 0 Å². The van der Waals surface area contributed by atoms with E-state index in [1.165, 1.54) is 0 Å². The Labute approximate surface area is 183 Å². The minimum absolute atomic E-state index is 0.106. The normalized spacial score (nSPS) is 17.9. The van der Waals surface area contributed by atoms with Gasteiger partial charge in [-0.05, 0) is 38.1 Å². The fourth-order valence-electron chi connectivity index (χ4n) is 3.54. The van der Waals surface area contributed by atoms with Gasteiger partial charge in [0.1, 0.15) is 0 Å². The number of fused-ring (bicyclic) bond motifs is 2. The predicted molar refractivity (Wildman–Crippen MR) is 111 cm³/mol. The van der Waals surface area contributed by atoms with Crippen molar-refractivity contribution in [2.45, 2.75) is 25.9 Å². The van der Waals surface area contributed by atoms with Crippen molar-refractivity contribution in [3.63, 3.8) is 0 Å². The van der Waals surface area contributed by atoms with Crippen LogP contribution in [0.2, 0.25) is 0 Å². The van der Waals surface area contributed by atoms with Crippen molar-refractivity contribution in [2.24, 2.45) is 0 Å². The maximum atomic E-state index is 11.3. The Bertz CT molecular complexity index is 712. The maximum absolute atomic E-state index is 11.3. The number of carboxylic acids is 3. The minimum Gasteiger partial charge on any atom is -0.480 e. The van der Waals surface area contributed by atoms with Crippen LogP contribution in [0, 0.1) is 0 Å². The van der Waals surface area contributed by atoms with Crippen molar-refractivity contribution in [3.05, 3.63) is 28.0 Å². The van der Waals surface area contributed by atoms with E-state index in [0.717, 1.165) is 4.47 Å². The molecule has 0 amide bonds. The van der Waals surface area contributed by atoms with Crippen LogP contribution < -0.4 is 0 Å². The van der Waals surface area contributed by atoms with Gasteiger partial charge in [-0.2, -0.15) is 0 Å². The molecule has 2 rings (SSSR count). The molecular formula is C19H27BrN4O6. The molecule has 0 saturated carbocycles. The van der Waals surface area contributed by atoms with Crippen LogP contribution in [-0.4, -0.2) is 98.7 Å². The van der Waals surface area contributed by atoms with E-state index < -0.39 is 17.9 Å². The van der Waals surface area contributed by atoms with Gasteiger partial charge in [-0.3, -0.25) is 34.1 Å². The lowest BCUT2D eigenvalue weighted by Gasteiger charge is -2.26. The standard InChI is InChI=1S/C19H27BrN4O6/c20-14-7-15-9-23(12-18(27)28)5-1-3-22(11-17(25)26)4-2-6-24(13-19(29)30)10-16(8-14)21-15/h7-8H,1-6,9-13H2,(H,25,26)(H,27,28)(H,29,30). The first-order chi connectivity index (χ1) is 14.2. The summed E-state index contributed by atoms with van der Waals surface area (Å²) in [6.45, 7) is 2.28. The van der Waals surface area contributed by atoms with Gasteiger partial charge in [0.05, 0.1) is 31.0 Å². The number of aromatic nitrogens is 1. The van der Waals surface area contributed by atoms with E-state index in [0.29, 0.717) is 63.5 Å². The number of halogens is 1. The molecule has 11 heteroatoms. The molecule has 10 nitrogen and oxygen atoms in total. The Kier molecular flexibility index (Phi) is 9.63. The van der Waals surface area contributed by atoms with Crippen LogP contribution in [0.5, 0.6) is 0 Å². The summed E-state index contributed by atoms with van der Waals surface area (Å²) in [4.78, 5) is 43.6. The number of rotatable bonds is 6. The molecule has 0 radical (unpaired) electrons. The summed E-state index contributed by atoms with van der Waals surface area (Å²) in [5, 5.41) is 27.6. The first-order valence-electron chi connectivity index (χ1n) is 9.69. The molecule has 0 atom stereocenters. The Hall–Kier alpha value is -2.08. The zero-order chi connectivity index (χ0) is 22.1. The van der Waals surface area contributed by atoms with Crippen LogP contribution in [0.25, 0.3) is 0 Å². The summed E-state index contributed by atoms with van der Waals surface area (Å²) in [5.74, 6) is -2.81. The smallest absolute Gasteiger partial charge is 0.317 e. The fourth-order valence-corrected chi connectivity index (χ4v) is 4.07. The highest BCUT2D eigenvalue weighted by Crippen LogP contribution is 2.17. The highest BCUT2D eigenvalue weighted by Gasteiger charge is 2.18. The highest BCUT2D eigenvalue weighted by atomic mass is 79.9. The number of hydrogen-bond donors (Lipinski definition) is 3. The first-order valence-corrected chi connectivity index (χ1v) is 10.5. The van der Waals surface area contributed by atoms with Crippen molar-refractivity contribution >= 4 is 33.8 Å². The van der Waals surface area contributed by atoms with E-state index in [4.69, 9.17) is 5.11 Å².